The molecule has 4 aromatic carbocycles. The Hall–Kier alpha value is -4.23. The van der Waals surface area contributed by atoms with Crippen molar-refractivity contribution in [1.29, 1.82) is 0 Å². The predicted molar refractivity (Wildman–Crippen MR) is 201 cm³/mol. The molecule has 0 amide bonds. The third-order valence-corrected chi connectivity index (χ3v) is 9.64. The van der Waals surface area contributed by atoms with Crippen LogP contribution in [-0.2, 0) is 73.9 Å². The number of rotatable bonds is 18. The van der Waals surface area contributed by atoms with Crippen molar-refractivity contribution in [2.75, 3.05) is 13.7 Å². The fraction of sp³-hybridized carbons (Fsp3) is 0.386. The van der Waals surface area contributed by atoms with Crippen molar-refractivity contribution in [3.63, 3.8) is 0 Å². The van der Waals surface area contributed by atoms with E-state index in [1.54, 1.807) is 13.2 Å². The van der Waals surface area contributed by atoms with E-state index in [1.165, 1.54) is 6.92 Å². The maximum atomic E-state index is 12.9. The minimum atomic E-state index is -1.37. The second-order valence-corrected chi connectivity index (χ2v) is 13.4. The number of carbonyl (C=O) groups excluding carboxylic acids is 1. The van der Waals surface area contributed by atoms with Gasteiger partial charge in [-0.05, 0) is 29.2 Å². The number of hydrogen-bond donors (Lipinski definition) is 0. The fourth-order valence-electron chi connectivity index (χ4n) is 6.87. The minimum absolute atomic E-state index is 0.0834. The average Bonchev–Trinajstić information content (AvgIpc) is 3.48. The van der Waals surface area contributed by atoms with E-state index in [9.17, 15) is 4.79 Å². The SMILES string of the molecule is C=C[C@@]1(OCc2ccccc2)[C@H](COCc2ccccc2)O[C@@H](O[C@@H]2[C@@H](OCc3ccccc3)[C@H](C)O[C@@H](OC)[C@@H]2OCc2ccccc2)[C@@H]1OC(C)=O. The van der Waals surface area contributed by atoms with Crippen LogP contribution in [-0.4, -0.2) is 74.5 Å². The van der Waals surface area contributed by atoms with Gasteiger partial charge in [0.25, 0.3) is 0 Å². The first kappa shape index (κ1) is 39.5. The van der Waals surface area contributed by atoms with Gasteiger partial charge >= 0.3 is 5.97 Å². The molecule has 2 fully saturated rings. The Morgan fingerprint density at radius 3 is 1.69 bits per heavy atom. The molecule has 286 valence electrons. The van der Waals surface area contributed by atoms with E-state index in [0.29, 0.717) is 6.61 Å². The van der Waals surface area contributed by atoms with Gasteiger partial charge in [-0.25, -0.2) is 0 Å². The second-order valence-electron chi connectivity index (χ2n) is 13.4. The molecule has 10 heteroatoms. The van der Waals surface area contributed by atoms with Crippen LogP contribution in [0.1, 0.15) is 36.1 Å². The third kappa shape index (κ3) is 9.89. The van der Waals surface area contributed by atoms with Crippen molar-refractivity contribution >= 4 is 5.97 Å². The number of benzene rings is 4. The van der Waals surface area contributed by atoms with Gasteiger partial charge in [0.05, 0.1) is 39.1 Å². The number of esters is 1. The van der Waals surface area contributed by atoms with Gasteiger partial charge in [-0.2, -0.15) is 0 Å². The molecular weight excluding hydrogens is 688 g/mol. The molecule has 0 N–H and O–H groups in total. The Morgan fingerprint density at radius 2 is 1.19 bits per heavy atom. The third-order valence-electron chi connectivity index (χ3n) is 9.64. The number of carbonyl (C=O) groups is 1. The summed E-state index contributed by atoms with van der Waals surface area (Å²) in [7, 11) is 1.56. The van der Waals surface area contributed by atoms with Crippen LogP contribution < -0.4 is 0 Å². The van der Waals surface area contributed by atoms with Crippen molar-refractivity contribution < 1.29 is 47.4 Å². The lowest BCUT2D eigenvalue weighted by Gasteiger charge is -2.45. The van der Waals surface area contributed by atoms with Crippen molar-refractivity contribution in [1.82, 2.24) is 0 Å². The van der Waals surface area contributed by atoms with Crippen LogP contribution in [0, 0.1) is 0 Å². The molecule has 0 aliphatic carbocycles. The summed E-state index contributed by atoms with van der Waals surface area (Å²) >= 11 is 0. The Bertz CT molecular complexity index is 1710. The van der Waals surface area contributed by atoms with Crippen molar-refractivity contribution in [2.45, 2.75) is 95.1 Å². The second kappa shape index (κ2) is 19.4. The quantitative estimate of drug-likeness (QED) is 0.0788. The van der Waals surface area contributed by atoms with Gasteiger partial charge in [0.1, 0.15) is 24.4 Å². The van der Waals surface area contributed by atoms with E-state index in [4.69, 9.17) is 42.6 Å². The summed E-state index contributed by atoms with van der Waals surface area (Å²) in [6.07, 6.45) is -4.99. The number of ether oxygens (including phenoxy) is 9. The molecule has 0 spiro atoms. The molecule has 0 aromatic heterocycles. The normalized spacial score (nSPS) is 28.1. The number of methoxy groups -OCH3 is 1. The highest BCUT2D eigenvalue weighted by Crippen LogP contribution is 2.42. The summed E-state index contributed by atoms with van der Waals surface area (Å²) in [6.45, 7) is 8.56. The summed E-state index contributed by atoms with van der Waals surface area (Å²) in [5.74, 6) is -0.540. The minimum Gasteiger partial charge on any atom is -0.454 e. The molecule has 2 heterocycles. The van der Waals surface area contributed by atoms with Crippen LogP contribution >= 0.6 is 0 Å². The highest BCUT2D eigenvalue weighted by Gasteiger charge is 2.61. The van der Waals surface area contributed by atoms with E-state index in [0.717, 1.165) is 22.3 Å². The molecule has 0 unspecified atom stereocenters. The van der Waals surface area contributed by atoms with Gasteiger partial charge < -0.3 is 42.6 Å². The van der Waals surface area contributed by atoms with Crippen LogP contribution in [0.2, 0.25) is 0 Å². The Balaban J connectivity index is 1.34. The van der Waals surface area contributed by atoms with Crippen molar-refractivity contribution in [3.8, 4) is 0 Å². The lowest BCUT2D eigenvalue weighted by molar-refractivity contribution is -0.336. The molecule has 2 saturated heterocycles. The first-order valence-electron chi connectivity index (χ1n) is 18.3. The van der Waals surface area contributed by atoms with Gasteiger partial charge in [0.2, 0.25) is 0 Å². The van der Waals surface area contributed by atoms with E-state index < -0.39 is 60.8 Å². The standard InChI is InChI=1S/C44H50O10/c1-5-44(50-29-36-24-16-9-17-25-36)37(30-47-26-33-18-10-6-11-19-33)53-43(41(44)52-32(3)45)54-39-38(48-27-34-20-12-7-13-21-34)31(2)51-42(46-4)40(39)49-28-35-22-14-8-15-23-35/h5-25,31,37-43H,1,26-30H2,2-4H3/t31-,37-,38-,39+,40+,41-,42+,43-,44+/m0/s1. The number of hydrogen-bond acceptors (Lipinski definition) is 10. The summed E-state index contributed by atoms with van der Waals surface area (Å²) in [6, 6.07) is 39.2. The Kier molecular flexibility index (Phi) is 14.2. The predicted octanol–water partition coefficient (Wildman–Crippen LogP) is 6.95. The molecule has 54 heavy (non-hydrogen) atoms. The van der Waals surface area contributed by atoms with E-state index in [2.05, 4.69) is 6.58 Å². The van der Waals surface area contributed by atoms with Crippen LogP contribution in [0.15, 0.2) is 134 Å². The molecular formula is C44H50O10. The van der Waals surface area contributed by atoms with E-state index >= 15 is 0 Å². The van der Waals surface area contributed by atoms with Gasteiger partial charge in [-0.15, -0.1) is 0 Å². The Labute approximate surface area is 317 Å². The lowest BCUT2D eigenvalue weighted by Crippen LogP contribution is -2.61. The van der Waals surface area contributed by atoms with Gasteiger partial charge in [-0.1, -0.05) is 134 Å². The Morgan fingerprint density at radius 1 is 0.685 bits per heavy atom. The molecule has 0 saturated carbocycles. The summed E-state index contributed by atoms with van der Waals surface area (Å²) in [4.78, 5) is 12.9. The molecule has 2 aliphatic heterocycles. The summed E-state index contributed by atoms with van der Waals surface area (Å²) < 4.78 is 58.1. The molecule has 10 nitrogen and oxygen atoms in total. The largest absolute Gasteiger partial charge is 0.454 e. The van der Waals surface area contributed by atoms with Crippen LogP contribution in [0.25, 0.3) is 0 Å². The first-order chi connectivity index (χ1) is 26.4. The topological polar surface area (TPSA) is 100 Å². The van der Waals surface area contributed by atoms with E-state index in [-0.39, 0.29) is 26.4 Å². The molecule has 2 aliphatic rings. The average molecular weight is 739 g/mol. The molecule has 6 rings (SSSR count). The van der Waals surface area contributed by atoms with Gasteiger partial charge in [-0.3, -0.25) is 4.79 Å². The fourth-order valence-corrected chi connectivity index (χ4v) is 6.87. The highest BCUT2D eigenvalue weighted by atomic mass is 16.8. The van der Waals surface area contributed by atoms with Crippen LogP contribution in [0.3, 0.4) is 0 Å². The molecule has 0 radical (unpaired) electrons. The zero-order chi connectivity index (χ0) is 37.8. The molecule has 0 bridgehead atoms. The van der Waals surface area contributed by atoms with Crippen LogP contribution in [0.4, 0.5) is 0 Å². The first-order valence-corrected chi connectivity index (χ1v) is 18.3. The van der Waals surface area contributed by atoms with Crippen LogP contribution in [0.5, 0.6) is 0 Å². The van der Waals surface area contributed by atoms with Gasteiger partial charge in [0.15, 0.2) is 24.3 Å². The van der Waals surface area contributed by atoms with E-state index in [1.807, 2.05) is 128 Å². The summed E-state index contributed by atoms with van der Waals surface area (Å²) in [5.41, 5.74) is 2.47. The highest BCUT2D eigenvalue weighted by molar-refractivity contribution is 5.66. The molecule has 9 atom stereocenters. The zero-order valence-electron chi connectivity index (χ0n) is 31.1. The molecule has 4 aromatic rings. The van der Waals surface area contributed by atoms with Crippen molar-refractivity contribution in [3.05, 3.63) is 156 Å². The van der Waals surface area contributed by atoms with Gasteiger partial charge in [0, 0.05) is 14.0 Å². The lowest BCUT2D eigenvalue weighted by atomic mass is 9.91. The van der Waals surface area contributed by atoms with Crippen molar-refractivity contribution in [2.24, 2.45) is 0 Å². The summed E-state index contributed by atoms with van der Waals surface area (Å²) in [5, 5.41) is 0. The maximum Gasteiger partial charge on any atom is 0.303 e. The maximum absolute atomic E-state index is 12.9. The zero-order valence-corrected chi connectivity index (χ0v) is 31.1. The smallest absolute Gasteiger partial charge is 0.303 e. The monoisotopic (exact) mass is 738 g/mol.